The maximum Gasteiger partial charge on any atom is 0.340 e. The summed E-state index contributed by atoms with van der Waals surface area (Å²) in [6, 6.07) is 13.3. The highest BCUT2D eigenvalue weighted by atomic mass is 79.9. The zero-order chi connectivity index (χ0) is 18.9. The van der Waals surface area contributed by atoms with Crippen LogP contribution in [0.25, 0.3) is 0 Å². The summed E-state index contributed by atoms with van der Waals surface area (Å²) >= 11 is 3.29. The van der Waals surface area contributed by atoms with Crippen LogP contribution in [0.2, 0.25) is 0 Å². The Morgan fingerprint density at radius 2 is 1.73 bits per heavy atom. The number of anilines is 2. The molecule has 0 aliphatic heterocycles. The van der Waals surface area contributed by atoms with E-state index < -0.39 is 17.8 Å². The first kappa shape index (κ1) is 19.7. The van der Waals surface area contributed by atoms with Crippen molar-refractivity contribution in [3.05, 3.63) is 58.6 Å². The summed E-state index contributed by atoms with van der Waals surface area (Å²) in [5, 5.41) is 4.95. The molecular weight excluding hydrogens is 400 g/mol. The van der Waals surface area contributed by atoms with Crippen LogP contribution in [0.5, 0.6) is 0 Å². The molecule has 0 heterocycles. The fraction of sp³-hybridized carbons (Fsp3) is 0.211. The van der Waals surface area contributed by atoms with Crippen molar-refractivity contribution in [3.8, 4) is 0 Å². The van der Waals surface area contributed by atoms with Gasteiger partial charge in [0.15, 0.2) is 0 Å². The summed E-state index contributed by atoms with van der Waals surface area (Å²) in [5.74, 6) is -2.25. The molecule has 0 saturated carbocycles. The molecular formula is C19H19BrN2O4. The Morgan fingerprint density at radius 3 is 2.46 bits per heavy atom. The molecule has 2 aromatic rings. The lowest BCUT2D eigenvalue weighted by Gasteiger charge is -2.11. The van der Waals surface area contributed by atoms with Crippen LogP contribution in [0.15, 0.2) is 53.0 Å². The van der Waals surface area contributed by atoms with E-state index in [0.717, 1.165) is 17.3 Å². The van der Waals surface area contributed by atoms with Gasteiger partial charge < -0.3 is 15.4 Å². The van der Waals surface area contributed by atoms with Crippen LogP contribution in [0.4, 0.5) is 11.4 Å². The van der Waals surface area contributed by atoms with E-state index in [2.05, 4.69) is 26.6 Å². The number of carbonyl (C=O) groups is 3. The maximum absolute atomic E-state index is 12.1. The molecule has 0 radical (unpaired) electrons. The van der Waals surface area contributed by atoms with Crippen molar-refractivity contribution in [2.45, 2.75) is 19.8 Å². The highest BCUT2D eigenvalue weighted by molar-refractivity contribution is 9.10. The second-order valence-corrected chi connectivity index (χ2v) is 6.37. The fourth-order valence-electron chi connectivity index (χ4n) is 2.09. The molecule has 0 saturated heterocycles. The SMILES string of the molecule is CCCCOC(=O)c1ccccc1NC(=O)C(=O)Nc1cccc(Br)c1. The molecule has 7 heteroatoms. The average Bonchev–Trinajstić information content (AvgIpc) is 2.62. The third-order valence-corrected chi connectivity index (χ3v) is 3.91. The van der Waals surface area contributed by atoms with E-state index in [4.69, 9.17) is 4.74 Å². The smallest absolute Gasteiger partial charge is 0.340 e. The van der Waals surface area contributed by atoms with Crippen LogP contribution in [-0.4, -0.2) is 24.4 Å². The van der Waals surface area contributed by atoms with Gasteiger partial charge in [0.2, 0.25) is 0 Å². The Balaban J connectivity index is 2.04. The van der Waals surface area contributed by atoms with Crippen LogP contribution >= 0.6 is 15.9 Å². The lowest BCUT2D eigenvalue weighted by Crippen LogP contribution is -2.29. The number of nitrogens with one attached hydrogen (secondary N) is 2. The summed E-state index contributed by atoms with van der Waals surface area (Å²) in [6.07, 6.45) is 1.66. The molecule has 0 aliphatic rings. The van der Waals surface area contributed by atoms with E-state index in [-0.39, 0.29) is 11.3 Å². The molecule has 2 rings (SSSR count). The van der Waals surface area contributed by atoms with E-state index in [0.29, 0.717) is 12.3 Å². The summed E-state index contributed by atoms with van der Waals surface area (Å²) < 4.78 is 5.94. The molecule has 0 atom stereocenters. The molecule has 0 fully saturated rings. The molecule has 0 bridgehead atoms. The lowest BCUT2D eigenvalue weighted by molar-refractivity contribution is -0.133. The van der Waals surface area contributed by atoms with Crippen molar-refractivity contribution >= 4 is 45.1 Å². The second kappa shape index (κ2) is 9.72. The standard InChI is InChI=1S/C19H19BrN2O4/c1-2-3-11-26-19(25)15-9-4-5-10-16(15)22-18(24)17(23)21-14-8-6-7-13(20)12-14/h4-10,12H,2-3,11H2,1H3,(H,21,23)(H,22,24). The molecule has 6 nitrogen and oxygen atoms in total. The Labute approximate surface area is 160 Å². The largest absolute Gasteiger partial charge is 0.462 e. The van der Waals surface area contributed by atoms with Crippen LogP contribution in [-0.2, 0) is 14.3 Å². The van der Waals surface area contributed by atoms with E-state index in [9.17, 15) is 14.4 Å². The zero-order valence-corrected chi connectivity index (χ0v) is 15.8. The van der Waals surface area contributed by atoms with Gasteiger partial charge in [-0.15, -0.1) is 0 Å². The molecule has 26 heavy (non-hydrogen) atoms. The molecule has 0 spiro atoms. The van der Waals surface area contributed by atoms with Gasteiger partial charge in [0, 0.05) is 10.2 Å². The minimum absolute atomic E-state index is 0.201. The summed E-state index contributed by atoms with van der Waals surface area (Å²) in [4.78, 5) is 36.4. The van der Waals surface area contributed by atoms with E-state index in [1.54, 1.807) is 42.5 Å². The molecule has 0 aromatic heterocycles. The minimum atomic E-state index is -0.876. The predicted octanol–water partition coefficient (Wildman–Crippen LogP) is 3.98. The Kier molecular flexibility index (Phi) is 7.35. The van der Waals surface area contributed by atoms with Crippen LogP contribution < -0.4 is 10.6 Å². The fourth-order valence-corrected chi connectivity index (χ4v) is 2.49. The van der Waals surface area contributed by atoms with Crippen molar-refractivity contribution in [3.63, 3.8) is 0 Å². The van der Waals surface area contributed by atoms with Gasteiger partial charge in [-0.1, -0.05) is 47.5 Å². The summed E-state index contributed by atoms with van der Waals surface area (Å²) in [6.45, 7) is 2.30. The summed E-state index contributed by atoms with van der Waals surface area (Å²) in [7, 11) is 0. The van der Waals surface area contributed by atoms with Crippen molar-refractivity contribution in [2.75, 3.05) is 17.2 Å². The van der Waals surface area contributed by atoms with Crippen LogP contribution in [0, 0.1) is 0 Å². The number of carbonyl (C=O) groups excluding carboxylic acids is 3. The van der Waals surface area contributed by atoms with Gasteiger partial charge in [0.05, 0.1) is 17.9 Å². The predicted molar refractivity (Wildman–Crippen MR) is 103 cm³/mol. The van der Waals surface area contributed by atoms with E-state index in [1.165, 1.54) is 6.07 Å². The highest BCUT2D eigenvalue weighted by Crippen LogP contribution is 2.18. The number of hydrogen-bond donors (Lipinski definition) is 2. The van der Waals surface area contributed by atoms with Gasteiger partial charge in [0.25, 0.3) is 0 Å². The van der Waals surface area contributed by atoms with Crippen molar-refractivity contribution < 1.29 is 19.1 Å². The third kappa shape index (κ3) is 5.70. The number of benzene rings is 2. The number of esters is 1. The Morgan fingerprint density at radius 1 is 1.00 bits per heavy atom. The topological polar surface area (TPSA) is 84.5 Å². The normalized spacial score (nSPS) is 10.1. The van der Waals surface area contributed by atoms with Gasteiger partial charge in [-0.05, 0) is 36.8 Å². The quantitative estimate of drug-likeness (QED) is 0.422. The molecule has 2 aromatic carbocycles. The number of halogens is 1. The van der Waals surface area contributed by atoms with Gasteiger partial charge in [0.1, 0.15) is 0 Å². The number of hydrogen-bond acceptors (Lipinski definition) is 4. The number of amides is 2. The third-order valence-electron chi connectivity index (χ3n) is 3.41. The number of rotatable bonds is 6. The van der Waals surface area contributed by atoms with Gasteiger partial charge >= 0.3 is 17.8 Å². The van der Waals surface area contributed by atoms with Crippen molar-refractivity contribution in [1.29, 1.82) is 0 Å². The zero-order valence-electron chi connectivity index (χ0n) is 14.3. The molecule has 136 valence electrons. The molecule has 0 aliphatic carbocycles. The molecule has 2 N–H and O–H groups in total. The first-order valence-electron chi connectivity index (χ1n) is 8.15. The van der Waals surface area contributed by atoms with Gasteiger partial charge in [-0.3, -0.25) is 9.59 Å². The van der Waals surface area contributed by atoms with E-state index in [1.807, 2.05) is 6.92 Å². The molecule has 0 unspecified atom stereocenters. The molecule has 2 amide bonds. The first-order valence-corrected chi connectivity index (χ1v) is 8.94. The average molecular weight is 419 g/mol. The lowest BCUT2D eigenvalue weighted by atomic mass is 10.1. The first-order chi connectivity index (χ1) is 12.5. The Hall–Kier alpha value is -2.67. The van der Waals surface area contributed by atoms with Crippen LogP contribution in [0.3, 0.4) is 0 Å². The maximum atomic E-state index is 12.1. The Bertz CT molecular complexity index is 808. The number of unbranched alkanes of at least 4 members (excludes halogenated alkanes) is 1. The van der Waals surface area contributed by atoms with Crippen molar-refractivity contribution in [1.82, 2.24) is 0 Å². The number of ether oxygens (including phenoxy) is 1. The van der Waals surface area contributed by atoms with Gasteiger partial charge in [-0.2, -0.15) is 0 Å². The highest BCUT2D eigenvalue weighted by Gasteiger charge is 2.18. The van der Waals surface area contributed by atoms with Crippen LogP contribution in [0.1, 0.15) is 30.1 Å². The second-order valence-electron chi connectivity index (χ2n) is 5.45. The minimum Gasteiger partial charge on any atom is -0.462 e. The van der Waals surface area contributed by atoms with E-state index >= 15 is 0 Å². The summed E-state index contributed by atoms with van der Waals surface area (Å²) in [5.41, 5.74) is 0.905. The number of para-hydroxylation sites is 1. The monoisotopic (exact) mass is 418 g/mol. The van der Waals surface area contributed by atoms with Crippen molar-refractivity contribution in [2.24, 2.45) is 0 Å². The van der Waals surface area contributed by atoms with Gasteiger partial charge in [-0.25, -0.2) is 4.79 Å².